The molecule has 1 heterocycles. The van der Waals surface area contributed by atoms with Gasteiger partial charge < -0.3 is 20.7 Å². The molecule has 1 aliphatic heterocycles. The Labute approximate surface area is 182 Å². The van der Waals surface area contributed by atoms with E-state index in [9.17, 15) is 9.18 Å². The van der Waals surface area contributed by atoms with Crippen LogP contribution in [0, 0.1) is 5.82 Å². The summed E-state index contributed by atoms with van der Waals surface area (Å²) in [6, 6.07) is 14.0. The maximum atomic E-state index is 13.0. The van der Waals surface area contributed by atoms with E-state index < -0.39 is 0 Å². The van der Waals surface area contributed by atoms with Gasteiger partial charge in [-0.1, -0.05) is 24.3 Å². The van der Waals surface area contributed by atoms with Crippen molar-refractivity contribution in [2.45, 2.75) is 20.0 Å². The SMILES string of the molecule is CCNC(=NCc1ccccc1CN1CCOCC1)NCC(=O)Nc1ccc(F)cc1. The number of benzene rings is 2. The molecule has 0 aromatic heterocycles. The Morgan fingerprint density at radius 3 is 2.48 bits per heavy atom. The highest BCUT2D eigenvalue weighted by Gasteiger charge is 2.12. The summed E-state index contributed by atoms with van der Waals surface area (Å²) in [5, 5.41) is 8.94. The number of nitrogens with zero attached hydrogens (tertiary/aromatic N) is 2. The first-order valence-electron chi connectivity index (χ1n) is 10.6. The molecule has 3 N–H and O–H groups in total. The number of rotatable bonds is 8. The van der Waals surface area contributed by atoms with Crippen LogP contribution in [0.15, 0.2) is 53.5 Å². The standard InChI is InChI=1S/C23H30FN5O2/c1-2-25-23(27-16-22(30)28-21-9-7-20(24)8-10-21)26-15-18-5-3-4-6-19(18)17-29-11-13-31-14-12-29/h3-10H,2,11-17H2,1H3,(H,28,30)(H2,25,26,27). The first kappa shape index (κ1) is 22.7. The zero-order chi connectivity index (χ0) is 21.9. The highest BCUT2D eigenvalue weighted by molar-refractivity contribution is 5.94. The molecule has 166 valence electrons. The molecule has 1 aliphatic rings. The lowest BCUT2D eigenvalue weighted by atomic mass is 10.1. The third-order valence-electron chi connectivity index (χ3n) is 4.91. The number of hydrogen-bond acceptors (Lipinski definition) is 4. The Balaban J connectivity index is 1.56. The van der Waals surface area contributed by atoms with Gasteiger partial charge in [0.25, 0.3) is 0 Å². The van der Waals surface area contributed by atoms with Crippen LogP contribution in [0.2, 0.25) is 0 Å². The highest BCUT2D eigenvalue weighted by atomic mass is 19.1. The van der Waals surface area contributed by atoms with Crippen LogP contribution in [0.5, 0.6) is 0 Å². The molecule has 31 heavy (non-hydrogen) atoms. The van der Waals surface area contributed by atoms with Gasteiger partial charge in [-0.05, 0) is 42.3 Å². The lowest BCUT2D eigenvalue weighted by Crippen LogP contribution is -2.41. The van der Waals surface area contributed by atoms with Gasteiger partial charge in [0.15, 0.2) is 5.96 Å². The molecule has 1 saturated heterocycles. The number of guanidine groups is 1. The first-order chi connectivity index (χ1) is 15.1. The van der Waals surface area contributed by atoms with Gasteiger partial charge in [-0.3, -0.25) is 9.69 Å². The molecule has 0 atom stereocenters. The summed E-state index contributed by atoms with van der Waals surface area (Å²) >= 11 is 0. The van der Waals surface area contributed by atoms with Crippen LogP contribution in [0.4, 0.5) is 10.1 Å². The number of amides is 1. The fraction of sp³-hybridized carbons (Fsp3) is 0.391. The molecule has 0 spiro atoms. The van der Waals surface area contributed by atoms with Crippen molar-refractivity contribution in [2.75, 3.05) is 44.7 Å². The van der Waals surface area contributed by atoms with E-state index >= 15 is 0 Å². The molecule has 0 aliphatic carbocycles. The third-order valence-corrected chi connectivity index (χ3v) is 4.91. The van der Waals surface area contributed by atoms with Crippen molar-refractivity contribution in [1.82, 2.24) is 15.5 Å². The van der Waals surface area contributed by atoms with Crippen molar-refractivity contribution in [2.24, 2.45) is 4.99 Å². The maximum absolute atomic E-state index is 13.0. The molecular formula is C23H30FN5O2. The number of morpholine rings is 1. The van der Waals surface area contributed by atoms with Crippen LogP contribution < -0.4 is 16.0 Å². The molecule has 0 saturated carbocycles. The average molecular weight is 428 g/mol. The zero-order valence-electron chi connectivity index (χ0n) is 17.9. The van der Waals surface area contributed by atoms with E-state index in [4.69, 9.17) is 4.74 Å². The summed E-state index contributed by atoms with van der Waals surface area (Å²) in [6.45, 7) is 7.51. The summed E-state index contributed by atoms with van der Waals surface area (Å²) in [5.41, 5.74) is 2.95. The Kier molecular flexibility index (Phi) is 8.81. The lowest BCUT2D eigenvalue weighted by molar-refractivity contribution is -0.115. The molecule has 2 aromatic rings. The minimum atomic E-state index is -0.341. The van der Waals surface area contributed by atoms with Crippen molar-refractivity contribution < 1.29 is 13.9 Å². The van der Waals surface area contributed by atoms with Crippen molar-refractivity contribution >= 4 is 17.6 Å². The van der Waals surface area contributed by atoms with E-state index in [0.29, 0.717) is 24.7 Å². The van der Waals surface area contributed by atoms with E-state index in [0.717, 1.165) is 38.4 Å². The fourth-order valence-corrected chi connectivity index (χ4v) is 3.27. The number of hydrogen-bond donors (Lipinski definition) is 3. The summed E-state index contributed by atoms with van der Waals surface area (Å²) in [4.78, 5) is 19.2. The van der Waals surface area contributed by atoms with Crippen molar-refractivity contribution in [3.63, 3.8) is 0 Å². The van der Waals surface area contributed by atoms with E-state index in [1.807, 2.05) is 19.1 Å². The molecule has 0 radical (unpaired) electrons. The second kappa shape index (κ2) is 12.0. The third kappa shape index (κ3) is 7.66. The maximum Gasteiger partial charge on any atom is 0.243 e. The highest BCUT2D eigenvalue weighted by Crippen LogP contribution is 2.14. The second-order valence-corrected chi connectivity index (χ2v) is 7.26. The Bertz CT molecular complexity index is 867. The van der Waals surface area contributed by atoms with Crippen LogP contribution in [-0.4, -0.2) is 56.2 Å². The Morgan fingerprint density at radius 2 is 1.77 bits per heavy atom. The number of ether oxygens (including phenoxy) is 1. The largest absolute Gasteiger partial charge is 0.379 e. The first-order valence-corrected chi connectivity index (χ1v) is 10.6. The van der Waals surface area contributed by atoms with Crippen LogP contribution in [-0.2, 0) is 22.6 Å². The minimum Gasteiger partial charge on any atom is -0.379 e. The number of nitrogens with one attached hydrogen (secondary N) is 3. The van der Waals surface area contributed by atoms with E-state index in [1.165, 1.54) is 29.8 Å². The molecule has 7 nitrogen and oxygen atoms in total. The minimum absolute atomic E-state index is 0.0542. The van der Waals surface area contributed by atoms with E-state index in [2.05, 4.69) is 38.0 Å². The van der Waals surface area contributed by atoms with Gasteiger partial charge in [0.05, 0.1) is 26.3 Å². The molecule has 1 amide bonds. The summed E-state index contributed by atoms with van der Waals surface area (Å²) in [7, 11) is 0. The predicted octanol–water partition coefficient (Wildman–Crippen LogP) is 2.35. The predicted molar refractivity (Wildman–Crippen MR) is 120 cm³/mol. The smallest absolute Gasteiger partial charge is 0.243 e. The summed E-state index contributed by atoms with van der Waals surface area (Å²) < 4.78 is 18.4. The number of anilines is 1. The lowest BCUT2D eigenvalue weighted by Gasteiger charge is -2.27. The van der Waals surface area contributed by atoms with Gasteiger partial charge in [-0.15, -0.1) is 0 Å². The number of halogens is 1. The Morgan fingerprint density at radius 1 is 1.06 bits per heavy atom. The van der Waals surface area contributed by atoms with Crippen LogP contribution >= 0.6 is 0 Å². The molecule has 2 aromatic carbocycles. The Hall–Kier alpha value is -2.97. The van der Waals surface area contributed by atoms with Gasteiger partial charge in [-0.2, -0.15) is 0 Å². The quantitative estimate of drug-likeness (QED) is 0.445. The fourth-order valence-electron chi connectivity index (χ4n) is 3.27. The van der Waals surface area contributed by atoms with Crippen molar-refractivity contribution in [1.29, 1.82) is 0 Å². The normalized spacial score (nSPS) is 14.8. The monoisotopic (exact) mass is 427 g/mol. The van der Waals surface area contributed by atoms with Crippen LogP contribution in [0.1, 0.15) is 18.1 Å². The van der Waals surface area contributed by atoms with E-state index in [-0.39, 0.29) is 18.3 Å². The second-order valence-electron chi connectivity index (χ2n) is 7.26. The topological polar surface area (TPSA) is 78.0 Å². The number of carbonyl (C=O) groups excluding carboxylic acids is 1. The molecule has 3 rings (SSSR count). The van der Waals surface area contributed by atoms with Gasteiger partial charge in [0.2, 0.25) is 5.91 Å². The number of aliphatic imine (C=N–C) groups is 1. The van der Waals surface area contributed by atoms with Crippen LogP contribution in [0.3, 0.4) is 0 Å². The summed E-state index contributed by atoms with van der Waals surface area (Å²) in [5.74, 6) is -0.00514. The molecule has 8 heteroatoms. The van der Waals surface area contributed by atoms with Gasteiger partial charge in [0.1, 0.15) is 5.82 Å². The van der Waals surface area contributed by atoms with Crippen molar-refractivity contribution in [3.05, 3.63) is 65.5 Å². The molecule has 0 unspecified atom stereocenters. The van der Waals surface area contributed by atoms with E-state index in [1.54, 1.807) is 0 Å². The average Bonchev–Trinajstić information content (AvgIpc) is 2.79. The van der Waals surface area contributed by atoms with Gasteiger partial charge >= 0.3 is 0 Å². The summed E-state index contributed by atoms with van der Waals surface area (Å²) in [6.07, 6.45) is 0. The molecule has 1 fully saturated rings. The van der Waals surface area contributed by atoms with Crippen molar-refractivity contribution in [3.8, 4) is 0 Å². The zero-order valence-corrected chi connectivity index (χ0v) is 17.9. The van der Waals surface area contributed by atoms with Gasteiger partial charge in [0, 0.05) is 31.9 Å². The van der Waals surface area contributed by atoms with Crippen LogP contribution in [0.25, 0.3) is 0 Å². The van der Waals surface area contributed by atoms with Gasteiger partial charge in [-0.25, -0.2) is 9.38 Å². The molecule has 0 bridgehead atoms. The molecular weight excluding hydrogens is 397 g/mol. The number of carbonyl (C=O) groups is 1.